The van der Waals surface area contributed by atoms with Crippen molar-refractivity contribution >= 4 is 21.3 Å². The van der Waals surface area contributed by atoms with Crippen molar-refractivity contribution in [2.75, 3.05) is 19.8 Å². The maximum atomic E-state index is 9.26. The average molecular weight is 492 g/mol. The molecular formula is C20H45O6PSe. The Balaban J connectivity index is 0. The van der Waals surface area contributed by atoms with Crippen LogP contribution in [0.25, 0.3) is 0 Å². The summed E-state index contributed by atoms with van der Waals surface area (Å²) in [6.07, 6.45) is 15.7. The molecule has 0 atom stereocenters. The van der Waals surface area contributed by atoms with E-state index < -0.39 is 11.6 Å². The van der Waals surface area contributed by atoms with Crippen molar-refractivity contribution in [3.05, 3.63) is 0 Å². The van der Waals surface area contributed by atoms with Gasteiger partial charge in [-0.2, -0.15) is 0 Å². The molecule has 0 saturated heterocycles. The Morgan fingerprint density at radius 1 is 0.571 bits per heavy atom. The molecule has 6 N–H and O–H groups in total. The standard InChI is InChI=1S/C20H42O3.H3O3PSe/c1-2-3-4-5-6-7-8-9-10-11-12-13-14-15-16-20(17-21,18-22)19-23;1-4(2,3)5/h21-23H,2-19H2,1H3;(H3,1,2,3,5). The van der Waals surface area contributed by atoms with Crippen LogP contribution in [-0.4, -0.2) is 64.9 Å². The Bertz CT molecular complexity index is 344. The van der Waals surface area contributed by atoms with Crippen LogP contribution >= 0.6 is 6.19 Å². The molecule has 172 valence electrons. The normalized spacial score (nSPS) is 12.0. The molecule has 0 rings (SSSR count). The van der Waals surface area contributed by atoms with E-state index in [0.29, 0.717) is 6.42 Å². The van der Waals surface area contributed by atoms with Crippen molar-refractivity contribution in [1.82, 2.24) is 0 Å². The van der Waals surface area contributed by atoms with E-state index in [0.717, 1.165) is 12.8 Å². The second-order valence-corrected chi connectivity index (χ2v) is 11.9. The molecule has 28 heavy (non-hydrogen) atoms. The van der Waals surface area contributed by atoms with Crippen LogP contribution in [0.1, 0.15) is 103 Å². The minimum absolute atomic E-state index is 0.127. The number of hydrogen-bond donors (Lipinski definition) is 6. The van der Waals surface area contributed by atoms with Gasteiger partial charge in [-0.3, -0.25) is 0 Å². The van der Waals surface area contributed by atoms with Crippen LogP contribution in [0.15, 0.2) is 0 Å². The number of unbranched alkanes of at least 4 members (excludes halogenated alkanes) is 13. The number of hydrogen-bond acceptors (Lipinski definition) is 6. The fraction of sp³-hybridized carbons (Fsp3) is 1.00. The van der Waals surface area contributed by atoms with Crippen LogP contribution in [0.2, 0.25) is 0 Å². The van der Waals surface area contributed by atoms with Gasteiger partial charge >= 0.3 is 36.0 Å². The molecule has 0 aliphatic carbocycles. The topological polar surface area (TPSA) is 121 Å². The SMILES string of the molecule is CCCCCCCCCCCCCCCCC(CO)(CO)CO.OP(O)(O)=[Se]. The molecule has 0 aromatic heterocycles. The van der Waals surface area contributed by atoms with E-state index in [2.05, 4.69) is 6.92 Å². The van der Waals surface area contributed by atoms with Crippen molar-refractivity contribution in [3.63, 3.8) is 0 Å². The van der Waals surface area contributed by atoms with Gasteiger partial charge in [0, 0.05) is 5.41 Å². The summed E-state index contributed by atoms with van der Waals surface area (Å²) >= 11 is 1.76. The van der Waals surface area contributed by atoms with Crippen molar-refractivity contribution in [1.29, 1.82) is 0 Å². The molecule has 0 aromatic rings. The second kappa shape index (κ2) is 21.0. The first kappa shape index (κ1) is 30.9. The van der Waals surface area contributed by atoms with Crippen LogP contribution in [-0.2, 0) is 0 Å². The van der Waals surface area contributed by atoms with Gasteiger partial charge in [0.1, 0.15) is 0 Å². The van der Waals surface area contributed by atoms with E-state index >= 15 is 0 Å². The summed E-state index contributed by atoms with van der Waals surface area (Å²) in [5.74, 6) is 0. The Morgan fingerprint density at radius 3 is 1.07 bits per heavy atom. The van der Waals surface area contributed by atoms with E-state index in [-0.39, 0.29) is 19.8 Å². The van der Waals surface area contributed by atoms with Crippen LogP contribution < -0.4 is 0 Å². The summed E-state index contributed by atoms with van der Waals surface area (Å²) < 4.78 is 0. The molecule has 0 heterocycles. The molecule has 0 aliphatic rings. The van der Waals surface area contributed by atoms with Gasteiger partial charge in [0.2, 0.25) is 0 Å². The van der Waals surface area contributed by atoms with Gasteiger partial charge in [0.15, 0.2) is 0 Å². The first-order valence-corrected chi connectivity index (χ1v) is 14.7. The summed E-state index contributed by atoms with van der Waals surface area (Å²) in [6.45, 7) is 1.89. The molecular weight excluding hydrogens is 446 g/mol. The molecule has 8 heteroatoms. The molecule has 0 unspecified atom stereocenters. The predicted octanol–water partition coefficient (Wildman–Crippen LogP) is 3.63. The van der Waals surface area contributed by atoms with E-state index in [1.54, 1.807) is 15.1 Å². The third-order valence-corrected chi connectivity index (χ3v) is 5.07. The molecule has 0 radical (unpaired) electrons. The van der Waals surface area contributed by atoms with Crippen LogP contribution in [0, 0.1) is 5.41 Å². The van der Waals surface area contributed by atoms with Crippen molar-refractivity contribution in [2.45, 2.75) is 103 Å². The summed E-state index contributed by atoms with van der Waals surface area (Å²) in [5, 5.41) is 27.8. The van der Waals surface area contributed by atoms with Gasteiger partial charge < -0.3 is 15.3 Å². The molecule has 0 amide bonds. The maximum absolute atomic E-state index is 9.26. The van der Waals surface area contributed by atoms with E-state index in [9.17, 15) is 15.3 Å². The van der Waals surface area contributed by atoms with E-state index in [4.69, 9.17) is 14.7 Å². The summed E-state index contributed by atoms with van der Waals surface area (Å²) in [6, 6.07) is 0. The van der Waals surface area contributed by atoms with E-state index in [1.165, 1.54) is 77.0 Å². The predicted molar refractivity (Wildman–Crippen MR) is 118 cm³/mol. The molecule has 6 nitrogen and oxygen atoms in total. The molecule has 0 saturated carbocycles. The van der Waals surface area contributed by atoms with Gasteiger partial charge in [-0.25, -0.2) is 0 Å². The van der Waals surface area contributed by atoms with Crippen LogP contribution in [0.3, 0.4) is 0 Å². The Hall–Kier alpha value is 0.709. The Labute approximate surface area is 179 Å². The minimum atomic E-state index is -3.51. The fourth-order valence-corrected chi connectivity index (χ4v) is 3.08. The van der Waals surface area contributed by atoms with Gasteiger partial charge in [-0.15, -0.1) is 0 Å². The zero-order valence-corrected chi connectivity index (χ0v) is 20.4. The van der Waals surface area contributed by atoms with Gasteiger partial charge in [-0.1, -0.05) is 96.8 Å². The quantitative estimate of drug-likeness (QED) is 0.0990. The van der Waals surface area contributed by atoms with Crippen molar-refractivity contribution in [2.24, 2.45) is 5.41 Å². The van der Waals surface area contributed by atoms with Crippen LogP contribution in [0.5, 0.6) is 0 Å². The van der Waals surface area contributed by atoms with Gasteiger partial charge in [0.25, 0.3) is 0 Å². The summed E-state index contributed by atoms with van der Waals surface area (Å²) in [5.41, 5.74) is -0.670. The van der Waals surface area contributed by atoms with Crippen molar-refractivity contribution in [3.8, 4) is 0 Å². The van der Waals surface area contributed by atoms with Crippen LogP contribution in [0.4, 0.5) is 0 Å². The first-order chi connectivity index (χ1) is 13.2. The molecule has 0 aliphatic heterocycles. The molecule has 0 bridgehead atoms. The van der Waals surface area contributed by atoms with Crippen molar-refractivity contribution < 1.29 is 30.0 Å². The third kappa shape index (κ3) is 24.7. The monoisotopic (exact) mass is 492 g/mol. The second-order valence-electron chi connectivity index (χ2n) is 7.83. The third-order valence-electron chi connectivity index (χ3n) is 5.07. The average Bonchev–Trinajstić information content (AvgIpc) is 2.64. The number of aliphatic hydroxyl groups is 3. The Kier molecular flexibility index (Phi) is 23.1. The number of aliphatic hydroxyl groups excluding tert-OH is 3. The fourth-order valence-electron chi connectivity index (χ4n) is 3.08. The van der Waals surface area contributed by atoms with Gasteiger partial charge in [-0.05, 0) is 6.42 Å². The first-order valence-electron chi connectivity index (χ1n) is 10.9. The molecule has 0 aromatic carbocycles. The molecule has 0 fully saturated rings. The summed E-state index contributed by atoms with van der Waals surface area (Å²) in [4.78, 5) is 23.1. The summed E-state index contributed by atoms with van der Waals surface area (Å²) in [7, 11) is 0. The zero-order valence-electron chi connectivity index (χ0n) is 17.8. The Morgan fingerprint density at radius 2 is 0.821 bits per heavy atom. The van der Waals surface area contributed by atoms with Gasteiger partial charge in [0.05, 0.1) is 19.8 Å². The van der Waals surface area contributed by atoms with E-state index in [1.807, 2.05) is 0 Å². The number of rotatable bonds is 18. The zero-order chi connectivity index (χ0) is 21.7. The molecule has 0 spiro atoms.